The van der Waals surface area contributed by atoms with Crippen LogP contribution in [0.15, 0.2) is 0 Å². The third kappa shape index (κ3) is 4.19. The predicted molar refractivity (Wildman–Crippen MR) is 85.2 cm³/mol. The van der Waals surface area contributed by atoms with E-state index in [9.17, 15) is 4.79 Å². The molecule has 0 radical (unpaired) electrons. The van der Waals surface area contributed by atoms with E-state index in [1.54, 1.807) is 0 Å². The third-order valence-corrected chi connectivity index (χ3v) is 5.23. The number of nitrogens with one attached hydrogen (secondary N) is 2. The molecule has 2 aliphatic carbocycles. The number of carbonyl (C=O) groups is 1. The van der Waals surface area contributed by atoms with Crippen molar-refractivity contribution >= 4 is 5.91 Å². The quantitative estimate of drug-likeness (QED) is 0.814. The predicted octanol–water partition coefficient (Wildman–Crippen LogP) is 1.90. The van der Waals surface area contributed by atoms with Gasteiger partial charge in [0.25, 0.3) is 0 Å². The largest absolute Gasteiger partial charge is 0.354 e. The lowest BCUT2D eigenvalue weighted by atomic mass is 9.84. The van der Waals surface area contributed by atoms with E-state index < -0.39 is 0 Å². The van der Waals surface area contributed by atoms with Gasteiger partial charge in [0.2, 0.25) is 5.91 Å². The minimum absolute atomic E-state index is 0.222. The summed E-state index contributed by atoms with van der Waals surface area (Å²) in [4.78, 5) is 14.8. The van der Waals surface area contributed by atoms with Gasteiger partial charge >= 0.3 is 0 Å². The SMILES string of the molecule is CC(C)NC(=O)[C@@H]1CCC[C@H](N[C@H]2CCN(C3CC3)C2)C1. The second-order valence-electron chi connectivity index (χ2n) is 7.60. The second-order valence-corrected chi connectivity index (χ2v) is 7.60. The summed E-state index contributed by atoms with van der Waals surface area (Å²) in [5, 5.41) is 6.93. The van der Waals surface area contributed by atoms with E-state index in [4.69, 9.17) is 0 Å². The monoisotopic (exact) mass is 293 g/mol. The highest BCUT2D eigenvalue weighted by atomic mass is 16.1. The molecule has 3 rings (SSSR count). The Balaban J connectivity index is 1.44. The average Bonchev–Trinajstić information content (AvgIpc) is 3.19. The van der Waals surface area contributed by atoms with Crippen LogP contribution in [0.3, 0.4) is 0 Å². The highest BCUT2D eigenvalue weighted by molar-refractivity contribution is 5.79. The van der Waals surface area contributed by atoms with Crippen molar-refractivity contribution in [3.63, 3.8) is 0 Å². The molecule has 1 saturated heterocycles. The zero-order chi connectivity index (χ0) is 14.8. The molecule has 120 valence electrons. The molecule has 0 aromatic heterocycles. The number of hydrogen-bond acceptors (Lipinski definition) is 3. The fraction of sp³-hybridized carbons (Fsp3) is 0.941. The molecule has 0 unspecified atom stereocenters. The van der Waals surface area contributed by atoms with Crippen LogP contribution in [0.4, 0.5) is 0 Å². The van der Waals surface area contributed by atoms with Crippen molar-refractivity contribution in [3.05, 3.63) is 0 Å². The summed E-state index contributed by atoms with van der Waals surface area (Å²) in [6.45, 7) is 6.58. The fourth-order valence-corrected chi connectivity index (χ4v) is 4.01. The van der Waals surface area contributed by atoms with E-state index in [0.717, 1.165) is 18.9 Å². The first-order valence-corrected chi connectivity index (χ1v) is 8.92. The normalized spacial score (nSPS) is 34.3. The van der Waals surface area contributed by atoms with Gasteiger partial charge in [-0.05, 0) is 52.4 Å². The van der Waals surface area contributed by atoms with Crippen molar-refractivity contribution in [1.29, 1.82) is 0 Å². The molecule has 1 amide bonds. The lowest BCUT2D eigenvalue weighted by Gasteiger charge is -2.31. The molecule has 2 N–H and O–H groups in total. The van der Waals surface area contributed by atoms with Gasteiger partial charge in [0, 0.05) is 43.2 Å². The average molecular weight is 293 g/mol. The summed E-state index contributed by atoms with van der Waals surface area (Å²) >= 11 is 0. The Morgan fingerprint density at radius 3 is 2.62 bits per heavy atom. The van der Waals surface area contributed by atoms with Crippen molar-refractivity contribution < 1.29 is 4.79 Å². The first kappa shape index (κ1) is 15.3. The molecule has 1 aliphatic heterocycles. The van der Waals surface area contributed by atoms with Crippen LogP contribution in [0.25, 0.3) is 0 Å². The fourth-order valence-electron chi connectivity index (χ4n) is 4.01. The second kappa shape index (κ2) is 6.66. The molecule has 0 aromatic carbocycles. The molecule has 0 aromatic rings. The molecule has 3 fully saturated rings. The highest BCUT2D eigenvalue weighted by Gasteiger charge is 2.36. The number of amides is 1. The third-order valence-electron chi connectivity index (χ3n) is 5.23. The van der Waals surface area contributed by atoms with Crippen LogP contribution in [-0.4, -0.2) is 48.1 Å². The van der Waals surface area contributed by atoms with E-state index >= 15 is 0 Å². The van der Waals surface area contributed by atoms with Crippen LogP contribution < -0.4 is 10.6 Å². The van der Waals surface area contributed by atoms with Crippen molar-refractivity contribution in [2.24, 2.45) is 5.92 Å². The summed E-state index contributed by atoms with van der Waals surface area (Å²) in [6.07, 6.45) is 8.63. The van der Waals surface area contributed by atoms with Crippen molar-refractivity contribution in [3.8, 4) is 0 Å². The summed E-state index contributed by atoms with van der Waals surface area (Å²) in [6, 6.07) is 2.36. The standard InChI is InChI=1S/C17H31N3O/c1-12(2)18-17(21)13-4-3-5-14(10-13)19-15-8-9-20(11-15)16-6-7-16/h12-16,19H,3-11H2,1-2H3,(H,18,21)/t13-,14+,15+/m1/s1. The van der Waals surface area contributed by atoms with E-state index in [1.807, 2.05) is 13.8 Å². The van der Waals surface area contributed by atoms with Gasteiger partial charge in [0.15, 0.2) is 0 Å². The van der Waals surface area contributed by atoms with Gasteiger partial charge in [0.05, 0.1) is 0 Å². The van der Waals surface area contributed by atoms with Crippen molar-refractivity contribution in [2.45, 2.75) is 83.0 Å². The summed E-state index contributed by atoms with van der Waals surface area (Å²) in [7, 11) is 0. The maximum absolute atomic E-state index is 12.2. The maximum Gasteiger partial charge on any atom is 0.223 e. The zero-order valence-electron chi connectivity index (χ0n) is 13.6. The molecular formula is C17H31N3O. The smallest absolute Gasteiger partial charge is 0.223 e. The van der Waals surface area contributed by atoms with Crippen LogP contribution >= 0.6 is 0 Å². The van der Waals surface area contributed by atoms with Crippen LogP contribution in [0.1, 0.15) is 58.8 Å². The molecular weight excluding hydrogens is 262 g/mol. The van der Waals surface area contributed by atoms with Gasteiger partial charge in [-0.2, -0.15) is 0 Å². The lowest BCUT2D eigenvalue weighted by molar-refractivity contribution is -0.126. The van der Waals surface area contributed by atoms with Gasteiger partial charge in [-0.1, -0.05) is 6.42 Å². The summed E-state index contributed by atoms with van der Waals surface area (Å²) in [5.41, 5.74) is 0. The van der Waals surface area contributed by atoms with Crippen LogP contribution in [-0.2, 0) is 4.79 Å². The molecule has 21 heavy (non-hydrogen) atoms. The van der Waals surface area contributed by atoms with Crippen molar-refractivity contribution in [1.82, 2.24) is 15.5 Å². The van der Waals surface area contributed by atoms with Crippen LogP contribution in [0.2, 0.25) is 0 Å². The van der Waals surface area contributed by atoms with Gasteiger partial charge in [0.1, 0.15) is 0 Å². The highest BCUT2D eigenvalue weighted by Crippen LogP contribution is 2.31. The Labute approximate surface area is 129 Å². The maximum atomic E-state index is 12.2. The Kier molecular flexibility index (Phi) is 4.85. The minimum atomic E-state index is 0.222. The van der Waals surface area contributed by atoms with Crippen molar-refractivity contribution in [2.75, 3.05) is 13.1 Å². The molecule has 0 spiro atoms. The van der Waals surface area contributed by atoms with Gasteiger partial charge in [-0.15, -0.1) is 0 Å². The number of likely N-dealkylation sites (tertiary alicyclic amines) is 1. The van der Waals surface area contributed by atoms with Gasteiger partial charge < -0.3 is 10.6 Å². The van der Waals surface area contributed by atoms with Crippen LogP contribution in [0, 0.1) is 5.92 Å². The molecule has 0 bridgehead atoms. The minimum Gasteiger partial charge on any atom is -0.354 e. The first-order chi connectivity index (χ1) is 10.1. The van der Waals surface area contributed by atoms with E-state index in [1.165, 1.54) is 45.2 Å². The lowest BCUT2D eigenvalue weighted by Crippen LogP contribution is -2.46. The van der Waals surface area contributed by atoms with E-state index in [-0.39, 0.29) is 17.9 Å². The summed E-state index contributed by atoms with van der Waals surface area (Å²) in [5.74, 6) is 0.488. The van der Waals surface area contributed by atoms with Gasteiger partial charge in [-0.25, -0.2) is 0 Å². The molecule has 4 nitrogen and oxygen atoms in total. The molecule has 3 atom stereocenters. The molecule has 4 heteroatoms. The molecule has 2 saturated carbocycles. The Morgan fingerprint density at radius 2 is 1.90 bits per heavy atom. The Morgan fingerprint density at radius 1 is 1.10 bits per heavy atom. The molecule has 3 aliphatic rings. The number of rotatable bonds is 5. The molecule has 1 heterocycles. The van der Waals surface area contributed by atoms with Crippen LogP contribution in [0.5, 0.6) is 0 Å². The number of hydrogen-bond donors (Lipinski definition) is 2. The topological polar surface area (TPSA) is 44.4 Å². The van der Waals surface area contributed by atoms with E-state index in [0.29, 0.717) is 12.1 Å². The summed E-state index contributed by atoms with van der Waals surface area (Å²) < 4.78 is 0. The Hall–Kier alpha value is -0.610. The number of nitrogens with zero attached hydrogens (tertiary/aromatic N) is 1. The Bertz CT molecular complexity index is 367. The zero-order valence-corrected chi connectivity index (χ0v) is 13.6. The van der Waals surface area contributed by atoms with Gasteiger partial charge in [-0.3, -0.25) is 9.69 Å². The first-order valence-electron chi connectivity index (χ1n) is 8.92. The number of carbonyl (C=O) groups excluding carboxylic acids is 1. The van der Waals surface area contributed by atoms with E-state index in [2.05, 4.69) is 15.5 Å².